The Morgan fingerprint density at radius 2 is 2.05 bits per heavy atom. The zero-order valence-corrected chi connectivity index (χ0v) is 12.4. The zero-order valence-electron chi connectivity index (χ0n) is 11.6. The van der Waals surface area contributed by atoms with Crippen LogP contribution in [0.5, 0.6) is 5.75 Å². The van der Waals surface area contributed by atoms with Gasteiger partial charge in [0.2, 0.25) is 0 Å². The lowest BCUT2D eigenvalue weighted by Gasteiger charge is -2.40. The summed E-state index contributed by atoms with van der Waals surface area (Å²) >= 11 is 5.99. The average Bonchev–Trinajstić information content (AvgIpc) is 2.35. The van der Waals surface area contributed by atoms with E-state index < -0.39 is 17.7 Å². The molecule has 0 bridgehead atoms. The number of ether oxygens (including phenoxy) is 1. The van der Waals surface area contributed by atoms with Crippen molar-refractivity contribution >= 4 is 22.5 Å². The van der Waals surface area contributed by atoms with E-state index in [1.807, 2.05) is 39.0 Å². The van der Waals surface area contributed by atoms with Gasteiger partial charge in [0.1, 0.15) is 22.6 Å². The quantitative estimate of drug-likeness (QED) is 0.733. The van der Waals surface area contributed by atoms with Crippen molar-refractivity contribution in [2.75, 3.05) is 0 Å². The number of hydrogen-bond acceptors (Lipinski definition) is 4. The number of hydrogen-bond donors (Lipinski definition) is 2. The van der Waals surface area contributed by atoms with Gasteiger partial charge in [-0.25, -0.2) is 4.98 Å². The van der Waals surface area contributed by atoms with Crippen molar-refractivity contribution in [3.8, 4) is 5.75 Å². The van der Waals surface area contributed by atoms with Crippen LogP contribution >= 0.6 is 11.6 Å². The fourth-order valence-electron chi connectivity index (χ4n) is 2.69. The van der Waals surface area contributed by atoms with Crippen LogP contribution in [0.15, 0.2) is 18.2 Å². The van der Waals surface area contributed by atoms with Crippen molar-refractivity contribution in [3.63, 3.8) is 0 Å². The number of halogens is 1. The number of benzene rings is 1. The zero-order chi connectivity index (χ0) is 14.7. The van der Waals surface area contributed by atoms with E-state index in [4.69, 9.17) is 22.1 Å². The molecule has 1 aliphatic rings. The number of aliphatic hydroxyl groups is 1. The topological polar surface area (TPSA) is 68.4 Å². The third kappa shape index (κ3) is 1.95. The molecular weight excluding hydrogens is 276 g/mol. The molecular formula is C15H17ClN2O2. The Morgan fingerprint density at radius 3 is 2.75 bits per heavy atom. The molecule has 1 aliphatic heterocycles. The van der Waals surface area contributed by atoms with Gasteiger partial charge in [0.05, 0.1) is 11.6 Å². The maximum absolute atomic E-state index is 10.2. The first-order valence-electron chi connectivity index (χ1n) is 6.53. The summed E-state index contributed by atoms with van der Waals surface area (Å²) in [6.07, 6.45) is -0.771. The Bertz CT molecular complexity index is 700. The number of pyridine rings is 1. The molecule has 106 valence electrons. The molecule has 0 spiro atoms. The van der Waals surface area contributed by atoms with Crippen molar-refractivity contribution in [1.82, 2.24) is 4.98 Å². The summed E-state index contributed by atoms with van der Waals surface area (Å²) in [7, 11) is 0. The molecule has 1 aromatic carbocycles. The lowest BCUT2D eigenvalue weighted by atomic mass is 9.86. The van der Waals surface area contributed by atoms with Crippen molar-refractivity contribution in [2.24, 2.45) is 5.73 Å². The predicted molar refractivity (Wildman–Crippen MR) is 79.1 cm³/mol. The first kappa shape index (κ1) is 13.6. The molecule has 20 heavy (non-hydrogen) atoms. The third-order valence-electron chi connectivity index (χ3n) is 3.90. The fourth-order valence-corrected chi connectivity index (χ4v) is 2.95. The maximum atomic E-state index is 10.2. The number of aromatic nitrogens is 1. The molecule has 2 unspecified atom stereocenters. The Morgan fingerprint density at radius 1 is 1.35 bits per heavy atom. The normalized spacial score (nSPS) is 24.3. The standard InChI is InChI=1S/C15H17ClN2O2/c1-7-4-12(16)18-10-5-9-11(6-8(7)10)20-15(2,3)14(19)13(9)17/h4-6,13-14,19H,17H2,1-3H3. The van der Waals surface area contributed by atoms with E-state index in [1.165, 1.54) is 0 Å². The Labute approximate surface area is 122 Å². The molecule has 2 aromatic rings. The number of aliphatic hydroxyl groups excluding tert-OH is 1. The van der Waals surface area contributed by atoms with Gasteiger partial charge in [0.25, 0.3) is 0 Å². The SMILES string of the molecule is Cc1cc(Cl)nc2cc3c(cc12)OC(C)(C)C(O)C3N. The van der Waals surface area contributed by atoms with E-state index in [-0.39, 0.29) is 0 Å². The second-order valence-corrected chi connectivity index (χ2v) is 6.23. The van der Waals surface area contributed by atoms with E-state index >= 15 is 0 Å². The van der Waals surface area contributed by atoms with Crippen molar-refractivity contribution in [2.45, 2.75) is 38.5 Å². The molecule has 2 heterocycles. The lowest BCUT2D eigenvalue weighted by molar-refractivity contribution is -0.0570. The van der Waals surface area contributed by atoms with Gasteiger partial charge in [-0.15, -0.1) is 0 Å². The summed E-state index contributed by atoms with van der Waals surface area (Å²) < 4.78 is 5.90. The molecule has 0 fully saturated rings. The summed E-state index contributed by atoms with van der Waals surface area (Å²) in [5.41, 5.74) is 7.98. The molecule has 1 aromatic heterocycles. The largest absolute Gasteiger partial charge is 0.485 e. The molecule has 0 saturated heterocycles. The number of rotatable bonds is 0. The van der Waals surface area contributed by atoms with Gasteiger partial charge in [0, 0.05) is 10.9 Å². The van der Waals surface area contributed by atoms with Crippen LogP contribution in [0.4, 0.5) is 0 Å². The minimum Gasteiger partial charge on any atom is -0.485 e. The molecule has 2 atom stereocenters. The molecule has 0 amide bonds. The first-order chi connectivity index (χ1) is 9.29. The van der Waals surface area contributed by atoms with Crippen LogP contribution in [0.3, 0.4) is 0 Å². The van der Waals surface area contributed by atoms with Gasteiger partial charge in [-0.05, 0) is 44.5 Å². The van der Waals surface area contributed by atoms with Gasteiger partial charge in [-0.1, -0.05) is 11.6 Å². The van der Waals surface area contributed by atoms with Crippen molar-refractivity contribution < 1.29 is 9.84 Å². The van der Waals surface area contributed by atoms with Crippen LogP contribution in [0, 0.1) is 6.92 Å². The van der Waals surface area contributed by atoms with Crippen LogP contribution in [-0.4, -0.2) is 21.8 Å². The van der Waals surface area contributed by atoms with E-state index in [1.54, 1.807) is 0 Å². The highest BCUT2D eigenvalue weighted by molar-refractivity contribution is 6.29. The van der Waals surface area contributed by atoms with Crippen LogP contribution in [0.1, 0.15) is 31.0 Å². The summed E-state index contributed by atoms with van der Waals surface area (Å²) in [6, 6.07) is 5.10. The Kier molecular flexibility index (Phi) is 2.94. The monoisotopic (exact) mass is 292 g/mol. The third-order valence-corrected chi connectivity index (χ3v) is 4.09. The highest BCUT2D eigenvalue weighted by Gasteiger charge is 2.41. The van der Waals surface area contributed by atoms with E-state index in [9.17, 15) is 5.11 Å². The summed E-state index contributed by atoms with van der Waals surface area (Å²) in [4.78, 5) is 4.31. The Balaban J connectivity index is 2.27. The highest BCUT2D eigenvalue weighted by Crippen LogP contribution is 2.41. The molecule has 0 radical (unpaired) electrons. The molecule has 5 heteroatoms. The second-order valence-electron chi connectivity index (χ2n) is 5.85. The lowest BCUT2D eigenvalue weighted by Crippen LogP contribution is -2.51. The summed E-state index contributed by atoms with van der Waals surface area (Å²) in [6.45, 7) is 5.64. The van der Waals surface area contributed by atoms with Crippen LogP contribution in [0.2, 0.25) is 5.15 Å². The van der Waals surface area contributed by atoms with Gasteiger partial charge in [-0.3, -0.25) is 0 Å². The second kappa shape index (κ2) is 4.32. The summed E-state index contributed by atoms with van der Waals surface area (Å²) in [5, 5.41) is 11.7. The van der Waals surface area contributed by atoms with E-state index in [2.05, 4.69) is 4.98 Å². The van der Waals surface area contributed by atoms with Gasteiger partial charge in [-0.2, -0.15) is 0 Å². The minimum absolute atomic E-state index is 0.445. The van der Waals surface area contributed by atoms with Gasteiger partial charge in [0.15, 0.2) is 0 Å². The van der Waals surface area contributed by atoms with Crippen molar-refractivity contribution in [1.29, 1.82) is 0 Å². The minimum atomic E-state index is -0.771. The fraction of sp³-hybridized carbons (Fsp3) is 0.400. The smallest absolute Gasteiger partial charge is 0.131 e. The van der Waals surface area contributed by atoms with Gasteiger partial charge >= 0.3 is 0 Å². The maximum Gasteiger partial charge on any atom is 0.131 e. The summed E-state index contributed by atoms with van der Waals surface area (Å²) in [5.74, 6) is 0.701. The number of nitrogens with two attached hydrogens (primary N) is 1. The van der Waals surface area contributed by atoms with Crippen molar-refractivity contribution in [3.05, 3.63) is 34.5 Å². The van der Waals surface area contributed by atoms with Crippen LogP contribution in [-0.2, 0) is 0 Å². The number of aryl methyl sites for hydroxylation is 1. The molecule has 0 aliphatic carbocycles. The van der Waals surface area contributed by atoms with Crippen LogP contribution < -0.4 is 10.5 Å². The average molecular weight is 293 g/mol. The van der Waals surface area contributed by atoms with E-state index in [0.29, 0.717) is 10.9 Å². The predicted octanol–water partition coefficient (Wildman–Crippen LogP) is 2.73. The molecule has 4 nitrogen and oxygen atoms in total. The molecule has 0 saturated carbocycles. The number of nitrogens with zero attached hydrogens (tertiary/aromatic N) is 1. The highest BCUT2D eigenvalue weighted by atomic mass is 35.5. The van der Waals surface area contributed by atoms with Crippen LogP contribution in [0.25, 0.3) is 10.9 Å². The first-order valence-corrected chi connectivity index (χ1v) is 6.91. The molecule has 3 N–H and O–H groups in total. The Hall–Kier alpha value is -1.36. The van der Waals surface area contributed by atoms with E-state index in [0.717, 1.165) is 22.0 Å². The number of fused-ring (bicyclic) bond motifs is 2. The van der Waals surface area contributed by atoms with Gasteiger partial charge < -0.3 is 15.6 Å². The molecule has 3 rings (SSSR count).